The normalized spacial score (nSPS) is 10.8. The number of aromatic nitrogens is 2. The van der Waals surface area contributed by atoms with Gasteiger partial charge in [-0.05, 0) is 30.7 Å². The van der Waals surface area contributed by atoms with Crippen molar-refractivity contribution in [1.82, 2.24) is 9.78 Å². The summed E-state index contributed by atoms with van der Waals surface area (Å²) in [5.74, 6) is 0. The Kier molecular flexibility index (Phi) is 4.07. The number of hydrogen-bond acceptors (Lipinski definition) is 1. The molecule has 1 aromatic heterocycles. The quantitative estimate of drug-likeness (QED) is 0.651. The Hall–Kier alpha value is -2.06. The second-order valence-corrected chi connectivity index (χ2v) is 5.41. The smallest absolute Gasteiger partial charge is 0.0758 e. The molecule has 3 heteroatoms. The van der Waals surface area contributed by atoms with Gasteiger partial charge in [0.05, 0.1) is 17.1 Å². The van der Waals surface area contributed by atoms with Crippen molar-refractivity contribution in [3.63, 3.8) is 0 Å². The third-order valence-electron chi connectivity index (χ3n) is 3.42. The van der Waals surface area contributed by atoms with Crippen molar-refractivity contribution in [2.75, 3.05) is 0 Å². The van der Waals surface area contributed by atoms with E-state index in [0.29, 0.717) is 0 Å². The van der Waals surface area contributed by atoms with Crippen LogP contribution in [0.25, 0.3) is 16.9 Å². The first-order chi connectivity index (χ1) is 10.3. The molecule has 3 aromatic rings. The summed E-state index contributed by atoms with van der Waals surface area (Å²) < 4.78 is 1.98. The molecule has 2 aromatic carbocycles. The topological polar surface area (TPSA) is 17.8 Å². The van der Waals surface area contributed by atoms with Crippen molar-refractivity contribution in [2.24, 2.45) is 0 Å². The molecule has 0 saturated carbocycles. The molecule has 0 aliphatic heterocycles. The van der Waals surface area contributed by atoms with E-state index < -0.39 is 0 Å². The van der Waals surface area contributed by atoms with Gasteiger partial charge >= 0.3 is 0 Å². The van der Waals surface area contributed by atoms with Gasteiger partial charge in [-0.3, -0.25) is 0 Å². The Labute approximate surface area is 130 Å². The van der Waals surface area contributed by atoms with E-state index in [4.69, 9.17) is 16.7 Å². The molecule has 0 amide bonds. The first-order valence-corrected chi connectivity index (χ1v) is 7.56. The third-order valence-corrected chi connectivity index (χ3v) is 3.75. The van der Waals surface area contributed by atoms with Crippen molar-refractivity contribution in [1.29, 1.82) is 0 Å². The van der Waals surface area contributed by atoms with Crippen LogP contribution in [0.3, 0.4) is 0 Å². The second-order valence-electron chi connectivity index (χ2n) is 5.00. The molecule has 0 bridgehead atoms. The van der Waals surface area contributed by atoms with Gasteiger partial charge in [-0.2, -0.15) is 5.10 Å². The minimum atomic E-state index is 0.748. The largest absolute Gasteiger partial charge is 0.233 e. The van der Waals surface area contributed by atoms with E-state index in [1.165, 1.54) is 0 Å². The molecule has 0 radical (unpaired) electrons. The van der Waals surface area contributed by atoms with Gasteiger partial charge in [0.15, 0.2) is 0 Å². The van der Waals surface area contributed by atoms with Gasteiger partial charge < -0.3 is 0 Å². The van der Waals surface area contributed by atoms with Gasteiger partial charge in [-0.25, -0.2) is 4.68 Å². The Bertz CT molecular complexity index is 732. The lowest BCUT2D eigenvalue weighted by Crippen LogP contribution is -1.99. The van der Waals surface area contributed by atoms with E-state index in [9.17, 15) is 0 Å². The van der Waals surface area contributed by atoms with E-state index in [0.717, 1.165) is 40.5 Å². The highest BCUT2D eigenvalue weighted by Crippen LogP contribution is 2.30. The Balaban J connectivity index is 2.17. The van der Waals surface area contributed by atoms with Crippen LogP contribution >= 0.6 is 11.6 Å². The minimum absolute atomic E-state index is 0.748. The summed E-state index contributed by atoms with van der Waals surface area (Å²) in [6.45, 7) is 2.16. The van der Waals surface area contributed by atoms with Crippen molar-refractivity contribution in [3.05, 3.63) is 71.4 Å². The molecular weight excluding hydrogens is 280 g/mol. The zero-order valence-corrected chi connectivity index (χ0v) is 12.7. The van der Waals surface area contributed by atoms with Crippen molar-refractivity contribution in [3.8, 4) is 16.9 Å². The summed E-state index contributed by atoms with van der Waals surface area (Å²) in [6.07, 6.45) is 2.05. The molecule has 0 aliphatic carbocycles. The standard InChI is InChI=1S/C18H17ClN2/c1-2-8-14-13-18(16-11-6-7-12-17(16)19)21(20-14)15-9-4-3-5-10-15/h3-7,9-13H,2,8H2,1H3. The number of halogens is 1. The fourth-order valence-electron chi connectivity index (χ4n) is 2.44. The summed E-state index contributed by atoms with van der Waals surface area (Å²) in [4.78, 5) is 0. The SMILES string of the molecule is CCCc1cc(-c2ccccc2Cl)n(-c2ccccc2)n1. The fourth-order valence-corrected chi connectivity index (χ4v) is 2.67. The molecule has 0 spiro atoms. The highest BCUT2D eigenvalue weighted by atomic mass is 35.5. The maximum absolute atomic E-state index is 6.36. The van der Waals surface area contributed by atoms with Crippen LogP contribution in [0.5, 0.6) is 0 Å². The van der Waals surface area contributed by atoms with Crippen LogP contribution in [0.2, 0.25) is 5.02 Å². The Morgan fingerprint density at radius 1 is 1.00 bits per heavy atom. The van der Waals surface area contributed by atoms with E-state index in [2.05, 4.69) is 25.1 Å². The molecule has 0 atom stereocenters. The molecule has 0 unspecified atom stereocenters. The summed E-state index contributed by atoms with van der Waals surface area (Å²) in [5.41, 5.74) is 4.19. The molecule has 3 rings (SSSR count). The average molecular weight is 297 g/mol. The molecule has 0 saturated heterocycles. The second kappa shape index (κ2) is 6.15. The Morgan fingerprint density at radius 3 is 2.43 bits per heavy atom. The van der Waals surface area contributed by atoms with Crippen LogP contribution in [0.4, 0.5) is 0 Å². The predicted octanol–water partition coefficient (Wildman–Crippen LogP) is 5.15. The molecule has 0 N–H and O–H groups in total. The van der Waals surface area contributed by atoms with Gasteiger partial charge in [0.2, 0.25) is 0 Å². The molecule has 106 valence electrons. The van der Waals surface area contributed by atoms with Crippen LogP contribution in [0.15, 0.2) is 60.7 Å². The summed E-state index contributed by atoms with van der Waals surface area (Å²) in [6, 6.07) is 20.2. The lowest BCUT2D eigenvalue weighted by Gasteiger charge is -2.08. The zero-order valence-electron chi connectivity index (χ0n) is 12.0. The number of hydrogen-bond donors (Lipinski definition) is 0. The van der Waals surface area contributed by atoms with Crippen molar-refractivity contribution < 1.29 is 0 Å². The lowest BCUT2D eigenvalue weighted by molar-refractivity contribution is 0.810. The van der Waals surface area contributed by atoms with Gasteiger partial charge in [0.1, 0.15) is 0 Å². The Morgan fingerprint density at radius 2 is 1.71 bits per heavy atom. The maximum Gasteiger partial charge on any atom is 0.0758 e. The van der Waals surface area contributed by atoms with Crippen LogP contribution in [0, 0.1) is 0 Å². The van der Waals surface area contributed by atoms with Crippen LogP contribution in [0.1, 0.15) is 19.0 Å². The predicted molar refractivity (Wildman–Crippen MR) is 88.0 cm³/mol. The van der Waals surface area contributed by atoms with Crippen molar-refractivity contribution >= 4 is 11.6 Å². The minimum Gasteiger partial charge on any atom is -0.233 e. The van der Waals surface area contributed by atoms with Crippen LogP contribution in [-0.2, 0) is 6.42 Å². The van der Waals surface area contributed by atoms with E-state index in [1.54, 1.807) is 0 Å². The molecule has 1 heterocycles. The monoisotopic (exact) mass is 296 g/mol. The highest BCUT2D eigenvalue weighted by molar-refractivity contribution is 6.33. The van der Waals surface area contributed by atoms with Gasteiger partial charge in [0, 0.05) is 10.6 Å². The summed E-state index contributed by atoms with van der Waals surface area (Å²) in [7, 11) is 0. The first-order valence-electron chi connectivity index (χ1n) is 7.19. The number of para-hydroxylation sites is 1. The fraction of sp³-hybridized carbons (Fsp3) is 0.167. The van der Waals surface area contributed by atoms with Crippen LogP contribution < -0.4 is 0 Å². The van der Waals surface area contributed by atoms with Gasteiger partial charge in [-0.15, -0.1) is 0 Å². The number of rotatable bonds is 4. The van der Waals surface area contributed by atoms with Crippen molar-refractivity contribution in [2.45, 2.75) is 19.8 Å². The molecule has 21 heavy (non-hydrogen) atoms. The van der Waals surface area contributed by atoms with Gasteiger partial charge in [-0.1, -0.05) is 61.3 Å². The average Bonchev–Trinajstić information content (AvgIpc) is 2.93. The molecule has 0 fully saturated rings. The zero-order chi connectivity index (χ0) is 14.7. The molecule has 2 nitrogen and oxygen atoms in total. The van der Waals surface area contributed by atoms with Gasteiger partial charge in [0.25, 0.3) is 0 Å². The highest BCUT2D eigenvalue weighted by Gasteiger charge is 2.13. The summed E-state index contributed by atoms with van der Waals surface area (Å²) in [5, 5.41) is 5.49. The van der Waals surface area contributed by atoms with E-state index in [1.807, 2.05) is 47.1 Å². The number of aryl methyl sites for hydroxylation is 1. The summed E-state index contributed by atoms with van der Waals surface area (Å²) >= 11 is 6.36. The first kappa shape index (κ1) is 13.9. The number of benzene rings is 2. The maximum atomic E-state index is 6.36. The molecule has 0 aliphatic rings. The lowest BCUT2D eigenvalue weighted by atomic mass is 10.1. The number of nitrogens with zero attached hydrogens (tertiary/aromatic N) is 2. The van der Waals surface area contributed by atoms with E-state index >= 15 is 0 Å². The third kappa shape index (κ3) is 2.86. The molecular formula is C18H17ClN2. The van der Waals surface area contributed by atoms with E-state index in [-0.39, 0.29) is 0 Å². The van der Waals surface area contributed by atoms with Crippen LogP contribution in [-0.4, -0.2) is 9.78 Å².